The highest BCUT2D eigenvalue weighted by atomic mass is 32.2. The molecule has 1 aromatic heterocycles. The van der Waals surface area contributed by atoms with E-state index in [9.17, 15) is 12.8 Å². The summed E-state index contributed by atoms with van der Waals surface area (Å²) in [6.45, 7) is 0. The van der Waals surface area contributed by atoms with Crippen LogP contribution in [0.25, 0.3) is 11.0 Å². The third kappa shape index (κ3) is 3.25. The van der Waals surface area contributed by atoms with Gasteiger partial charge in [-0.2, -0.15) is 0 Å². The van der Waals surface area contributed by atoms with Crippen molar-refractivity contribution < 1.29 is 12.8 Å². The summed E-state index contributed by atoms with van der Waals surface area (Å²) in [7, 11) is -3.33. The maximum absolute atomic E-state index is 13.7. The predicted molar refractivity (Wildman–Crippen MR) is 83.8 cm³/mol. The number of anilines is 1. The molecule has 3 aromatic rings. The fourth-order valence-corrected chi connectivity index (χ4v) is 2.80. The van der Waals surface area contributed by atoms with Gasteiger partial charge >= 0.3 is 0 Å². The topological polar surface area (TPSA) is 74.8 Å². The van der Waals surface area contributed by atoms with Gasteiger partial charge in [0, 0.05) is 6.42 Å². The number of hydrogen-bond acceptors (Lipinski definition) is 3. The zero-order valence-electron chi connectivity index (χ0n) is 11.8. The van der Waals surface area contributed by atoms with Gasteiger partial charge in [0.2, 0.25) is 10.0 Å². The monoisotopic (exact) mass is 319 g/mol. The molecule has 0 aliphatic carbocycles. The second-order valence-corrected chi connectivity index (χ2v) is 6.81. The first kappa shape index (κ1) is 14.5. The molecule has 5 nitrogen and oxygen atoms in total. The van der Waals surface area contributed by atoms with Crippen molar-refractivity contribution in [1.82, 2.24) is 9.97 Å². The van der Waals surface area contributed by atoms with Crippen molar-refractivity contribution in [3.05, 3.63) is 59.7 Å². The maximum Gasteiger partial charge on any atom is 0.229 e. The summed E-state index contributed by atoms with van der Waals surface area (Å²) in [6.07, 6.45) is 1.43. The lowest BCUT2D eigenvalue weighted by Gasteiger charge is -2.02. The van der Waals surface area contributed by atoms with Gasteiger partial charge in [-0.3, -0.25) is 4.72 Å². The fourth-order valence-electron chi connectivity index (χ4n) is 2.25. The number of H-pyrrole nitrogens is 1. The maximum atomic E-state index is 13.7. The van der Waals surface area contributed by atoms with E-state index in [0.29, 0.717) is 34.5 Å². The second kappa shape index (κ2) is 5.42. The lowest BCUT2D eigenvalue weighted by Crippen LogP contribution is -2.09. The van der Waals surface area contributed by atoms with Crippen molar-refractivity contribution in [2.75, 3.05) is 11.0 Å². The third-order valence-corrected chi connectivity index (χ3v) is 3.76. The minimum Gasteiger partial charge on any atom is -0.342 e. The normalized spacial score (nSPS) is 11.7. The standard InChI is InChI=1S/C15H14FN3O2S/c1-22(20,21)19-11-6-7-13-14(9-11)18-15(17-13)8-10-4-2-3-5-12(10)16/h2-7,9,19H,8H2,1H3,(H,17,18). The van der Waals surface area contributed by atoms with Gasteiger partial charge in [-0.05, 0) is 29.8 Å². The molecule has 0 fully saturated rings. The molecule has 0 spiro atoms. The van der Waals surface area contributed by atoms with E-state index in [2.05, 4.69) is 14.7 Å². The van der Waals surface area contributed by atoms with Gasteiger partial charge in [0.05, 0.1) is 23.0 Å². The Balaban J connectivity index is 1.91. The second-order valence-electron chi connectivity index (χ2n) is 5.06. The minimum absolute atomic E-state index is 0.276. The van der Waals surface area contributed by atoms with E-state index in [1.807, 2.05) is 0 Å². The molecule has 0 saturated carbocycles. The van der Waals surface area contributed by atoms with Crippen LogP contribution >= 0.6 is 0 Å². The van der Waals surface area contributed by atoms with Gasteiger partial charge in [0.15, 0.2) is 0 Å². The Bertz CT molecular complexity index is 935. The highest BCUT2D eigenvalue weighted by Gasteiger charge is 2.09. The fraction of sp³-hybridized carbons (Fsp3) is 0.133. The molecule has 0 atom stereocenters. The van der Waals surface area contributed by atoms with Crippen LogP contribution in [0.5, 0.6) is 0 Å². The van der Waals surface area contributed by atoms with E-state index in [0.717, 1.165) is 6.26 Å². The number of aromatic nitrogens is 2. The molecule has 0 amide bonds. The lowest BCUT2D eigenvalue weighted by atomic mass is 10.1. The number of rotatable bonds is 4. The average Bonchev–Trinajstić information content (AvgIpc) is 2.81. The first-order chi connectivity index (χ1) is 10.4. The van der Waals surface area contributed by atoms with Gasteiger partial charge < -0.3 is 4.98 Å². The molecule has 3 rings (SSSR count). The number of hydrogen-bond donors (Lipinski definition) is 2. The van der Waals surface area contributed by atoms with Crippen molar-refractivity contribution in [2.45, 2.75) is 6.42 Å². The summed E-state index contributed by atoms with van der Waals surface area (Å²) >= 11 is 0. The largest absolute Gasteiger partial charge is 0.342 e. The number of benzene rings is 2. The molecule has 7 heteroatoms. The molecule has 0 saturated heterocycles. The molecular weight excluding hydrogens is 305 g/mol. The molecule has 0 aliphatic rings. The van der Waals surface area contributed by atoms with Crippen LogP contribution in [-0.4, -0.2) is 24.6 Å². The van der Waals surface area contributed by atoms with Crippen LogP contribution in [0.2, 0.25) is 0 Å². The Morgan fingerprint density at radius 1 is 1.23 bits per heavy atom. The average molecular weight is 319 g/mol. The summed E-state index contributed by atoms with van der Waals surface area (Å²) < 4.78 is 38.6. The van der Waals surface area contributed by atoms with E-state index in [4.69, 9.17) is 0 Å². The first-order valence-corrected chi connectivity index (χ1v) is 8.50. The minimum atomic E-state index is -3.33. The van der Waals surface area contributed by atoms with Crippen LogP contribution in [0.3, 0.4) is 0 Å². The van der Waals surface area contributed by atoms with Crippen molar-refractivity contribution >= 4 is 26.7 Å². The van der Waals surface area contributed by atoms with E-state index in [1.54, 1.807) is 36.4 Å². The number of imidazole rings is 1. The molecule has 2 N–H and O–H groups in total. The van der Waals surface area contributed by atoms with Gasteiger partial charge in [-0.15, -0.1) is 0 Å². The van der Waals surface area contributed by atoms with Crippen molar-refractivity contribution in [2.24, 2.45) is 0 Å². The molecule has 0 bridgehead atoms. The van der Waals surface area contributed by atoms with Gasteiger partial charge in [0.1, 0.15) is 11.6 Å². The number of nitrogens with zero attached hydrogens (tertiary/aromatic N) is 1. The Labute approximate surface area is 127 Å². The molecule has 1 heterocycles. The van der Waals surface area contributed by atoms with Crippen LogP contribution in [0, 0.1) is 5.82 Å². The first-order valence-electron chi connectivity index (χ1n) is 6.60. The van der Waals surface area contributed by atoms with Crippen molar-refractivity contribution in [3.8, 4) is 0 Å². The summed E-state index contributed by atoms with van der Waals surface area (Å²) in [4.78, 5) is 7.47. The third-order valence-electron chi connectivity index (χ3n) is 3.15. The Morgan fingerprint density at radius 2 is 2.00 bits per heavy atom. The van der Waals surface area contributed by atoms with Crippen molar-refractivity contribution in [3.63, 3.8) is 0 Å². The van der Waals surface area contributed by atoms with E-state index in [-0.39, 0.29) is 5.82 Å². The number of sulfonamides is 1. The highest BCUT2D eigenvalue weighted by Crippen LogP contribution is 2.20. The number of nitrogens with one attached hydrogen (secondary N) is 2. The van der Waals surface area contributed by atoms with Crippen LogP contribution in [0.1, 0.15) is 11.4 Å². The Kier molecular flexibility index (Phi) is 3.58. The van der Waals surface area contributed by atoms with Crippen LogP contribution in [0.15, 0.2) is 42.5 Å². The smallest absolute Gasteiger partial charge is 0.229 e. The molecule has 0 radical (unpaired) electrons. The van der Waals surface area contributed by atoms with Crippen molar-refractivity contribution in [1.29, 1.82) is 0 Å². The van der Waals surface area contributed by atoms with Gasteiger partial charge in [0.25, 0.3) is 0 Å². The molecule has 2 aromatic carbocycles. The molecule has 0 aliphatic heterocycles. The van der Waals surface area contributed by atoms with Gasteiger partial charge in [-0.25, -0.2) is 17.8 Å². The summed E-state index contributed by atoms with van der Waals surface area (Å²) in [5, 5.41) is 0. The van der Waals surface area contributed by atoms with Crippen LogP contribution in [0.4, 0.5) is 10.1 Å². The van der Waals surface area contributed by atoms with Crippen LogP contribution in [-0.2, 0) is 16.4 Å². The Hall–Kier alpha value is -2.41. The molecule has 0 unspecified atom stereocenters. The summed E-state index contributed by atoms with van der Waals surface area (Å²) in [6, 6.07) is 11.5. The zero-order chi connectivity index (χ0) is 15.7. The number of aromatic amines is 1. The number of fused-ring (bicyclic) bond motifs is 1. The lowest BCUT2D eigenvalue weighted by molar-refractivity contribution is 0.606. The number of halogens is 1. The van der Waals surface area contributed by atoms with Crippen LogP contribution < -0.4 is 4.72 Å². The summed E-state index contributed by atoms with van der Waals surface area (Å²) in [5.41, 5.74) is 2.40. The van der Waals surface area contributed by atoms with E-state index >= 15 is 0 Å². The van der Waals surface area contributed by atoms with E-state index < -0.39 is 10.0 Å². The zero-order valence-corrected chi connectivity index (χ0v) is 12.6. The molecule has 22 heavy (non-hydrogen) atoms. The molecule has 114 valence electrons. The highest BCUT2D eigenvalue weighted by molar-refractivity contribution is 7.92. The Morgan fingerprint density at radius 3 is 2.73 bits per heavy atom. The quantitative estimate of drug-likeness (QED) is 0.776. The van der Waals surface area contributed by atoms with Gasteiger partial charge in [-0.1, -0.05) is 18.2 Å². The predicted octanol–water partition coefficient (Wildman–Crippen LogP) is 2.66. The van der Waals surface area contributed by atoms with E-state index in [1.165, 1.54) is 6.07 Å². The summed E-state index contributed by atoms with van der Waals surface area (Å²) in [5.74, 6) is 0.346. The SMILES string of the molecule is CS(=O)(=O)Nc1ccc2nc(Cc3ccccc3F)[nH]c2c1. The molecular formula is C15H14FN3O2S.